The fourth-order valence-corrected chi connectivity index (χ4v) is 10.7. The van der Waals surface area contributed by atoms with Gasteiger partial charge in [0.25, 0.3) is 0 Å². The number of rotatable bonds is 6. The van der Waals surface area contributed by atoms with Gasteiger partial charge in [-0.2, -0.15) is 0 Å². The number of furan rings is 2. The van der Waals surface area contributed by atoms with Crippen molar-refractivity contribution in [3.63, 3.8) is 0 Å². The van der Waals surface area contributed by atoms with Gasteiger partial charge in [0.1, 0.15) is 22.2 Å². The molecule has 0 spiro atoms. The quantitative estimate of drug-likeness (QED) is 0.157. The average molecular weight is 806 g/mol. The third-order valence-corrected chi connectivity index (χ3v) is 14.0. The first-order chi connectivity index (χ1) is 30.5. The van der Waals surface area contributed by atoms with E-state index in [1.54, 1.807) is 0 Å². The van der Waals surface area contributed by atoms with Crippen LogP contribution in [0.2, 0.25) is 0 Å². The molecule has 1 aliphatic heterocycles. The Balaban J connectivity index is 0.980. The number of fused-ring (bicyclic) bond motifs is 6. The zero-order chi connectivity index (χ0) is 41.7. The molecule has 2 aromatic heterocycles. The van der Waals surface area contributed by atoms with Crippen molar-refractivity contribution in [2.45, 2.75) is 51.4 Å². The highest BCUT2D eigenvalue weighted by Gasteiger charge is 2.34. The first-order valence-corrected chi connectivity index (χ1v) is 22.5. The van der Waals surface area contributed by atoms with Crippen molar-refractivity contribution in [3.05, 3.63) is 203 Å². The predicted octanol–water partition coefficient (Wildman–Crippen LogP) is 14.1. The molecule has 3 aliphatic rings. The minimum atomic E-state index is 0.0469. The van der Waals surface area contributed by atoms with E-state index in [-0.39, 0.29) is 23.7 Å². The van der Waals surface area contributed by atoms with Crippen LogP contribution in [-0.4, -0.2) is 12.3 Å². The fraction of sp³-hybridized carbons (Fsp3) is 0.203. The number of nitrogens with zero attached hydrogens (tertiary/aromatic N) is 1. The summed E-state index contributed by atoms with van der Waals surface area (Å²) >= 11 is 0. The topological polar surface area (TPSA) is 38.6 Å². The molecule has 2 aliphatic carbocycles. The molecule has 0 saturated carbocycles. The molecule has 304 valence electrons. The number of hydrogen-bond acceptors (Lipinski definition) is 3. The molecular formula is C59H51NO2. The second-order valence-corrected chi connectivity index (χ2v) is 17.8. The van der Waals surface area contributed by atoms with Crippen LogP contribution in [0.1, 0.15) is 62.5 Å². The largest absolute Gasteiger partial charge is 0.456 e. The summed E-state index contributed by atoms with van der Waals surface area (Å²) in [6, 6.07) is 52.3. The zero-order valence-electron chi connectivity index (χ0n) is 35.6. The van der Waals surface area contributed by atoms with Crippen LogP contribution in [0.5, 0.6) is 0 Å². The van der Waals surface area contributed by atoms with Crippen LogP contribution in [0.15, 0.2) is 195 Å². The standard InChI is InChI=1S/C59H51NO2/c1-37-27-34-52-49-22-10-12-26-55(49)62-59(52)56(37)57-38(2)28-33-45(50-23-14-24-51-48-21-9-11-25-54(48)61-58(50)51)39(3)53(36-60-57)44-18-13-17-43(35-44)40-29-31-42(32-30-40)47-20-8-7-19-46(47)41-15-5-4-6-16-41/h4-26,29-32,34,37-38,43,45,53H,3,27-28,33,35-36H2,1-2H3/b60-57+. The molecule has 11 rings (SSSR count). The van der Waals surface area contributed by atoms with Crippen molar-refractivity contribution in [2.24, 2.45) is 22.7 Å². The van der Waals surface area contributed by atoms with Gasteiger partial charge in [0.05, 0.1) is 0 Å². The molecule has 62 heavy (non-hydrogen) atoms. The Morgan fingerprint density at radius 2 is 1.29 bits per heavy atom. The van der Waals surface area contributed by atoms with Crippen LogP contribution >= 0.6 is 0 Å². The second kappa shape index (κ2) is 16.0. The highest BCUT2D eigenvalue weighted by molar-refractivity contribution is 6.20. The van der Waals surface area contributed by atoms with Crippen LogP contribution in [0, 0.1) is 17.8 Å². The van der Waals surface area contributed by atoms with E-state index in [4.69, 9.17) is 20.4 Å². The third-order valence-electron chi connectivity index (χ3n) is 14.0. The summed E-state index contributed by atoms with van der Waals surface area (Å²) in [5.41, 5.74) is 16.5. The van der Waals surface area contributed by atoms with Crippen molar-refractivity contribution in [1.82, 2.24) is 0 Å². The first kappa shape index (κ1) is 38.2. The van der Waals surface area contributed by atoms with Crippen molar-refractivity contribution in [3.8, 4) is 22.3 Å². The summed E-state index contributed by atoms with van der Waals surface area (Å²) in [7, 11) is 0. The second-order valence-electron chi connectivity index (χ2n) is 17.8. The molecule has 0 bridgehead atoms. The van der Waals surface area contributed by atoms with Crippen molar-refractivity contribution >= 4 is 50.3 Å². The van der Waals surface area contributed by atoms with Crippen LogP contribution < -0.4 is 10.6 Å². The first-order valence-electron chi connectivity index (χ1n) is 22.5. The maximum atomic E-state index is 6.74. The van der Waals surface area contributed by atoms with Crippen LogP contribution in [0.4, 0.5) is 0 Å². The summed E-state index contributed by atoms with van der Waals surface area (Å²) in [4.78, 5) is 5.73. The Bertz CT molecular complexity index is 3230. The third kappa shape index (κ3) is 6.72. The lowest BCUT2D eigenvalue weighted by molar-refractivity contribution is 0.545. The van der Waals surface area contributed by atoms with Crippen LogP contribution in [-0.2, 0) is 0 Å². The zero-order valence-corrected chi connectivity index (χ0v) is 35.6. The number of para-hydroxylation sites is 3. The van der Waals surface area contributed by atoms with Gasteiger partial charge in [-0.1, -0.05) is 189 Å². The van der Waals surface area contributed by atoms with Gasteiger partial charge in [-0.3, -0.25) is 4.99 Å². The molecule has 3 heterocycles. The van der Waals surface area contributed by atoms with E-state index in [2.05, 4.69) is 184 Å². The molecule has 0 N–H and O–H groups in total. The molecule has 8 aromatic rings. The monoisotopic (exact) mass is 805 g/mol. The lowest BCUT2D eigenvalue weighted by atomic mass is 9.74. The Morgan fingerprint density at radius 3 is 2.08 bits per heavy atom. The number of benzene rings is 6. The van der Waals surface area contributed by atoms with Crippen LogP contribution in [0.25, 0.3) is 66.8 Å². The molecule has 3 heteroatoms. The minimum absolute atomic E-state index is 0.0469. The Hall–Kier alpha value is -6.71. The van der Waals surface area contributed by atoms with Gasteiger partial charge in [-0.25, -0.2) is 0 Å². The van der Waals surface area contributed by atoms with Gasteiger partial charge in [0.2, 0.25) is 0 Å². The van der Waals surface area contributed by atoms with E-state index in [0.29, 0.717) is 12.5 Å². The summed E-state index contributed by atoms with van der Waals surface area (Å²) in [5.74, 6) is 0.921. The highest BCUT2D eigenvalue weighted by atomic mass is 16.3. The van der Waals surface area contributed by atoms with Crippen molar-refractivity contribution in [1.29, 1.82) is 0 Å². The minimum Gasteiger partial charge on any atom is -0.456 e. The SMILES string of the molecule is C=C1C(C2=CC=CC(c3ccc(-c4ccccc4-c4ccccc4)cc3)C2)C/N=C(/C2=c3oc4ccccc4c3=CCC2C)C(C)CCC1c1cccc2c1oc1ccccc12. The Kier molecular flexibility index (Phi) is 9.84. The van der Waals surface area contributed by atoms with E-state index < -0.39 is 0 Å². The van der Waals surface area contributed by atoms with E-state index in [9.17, 15) is 0 Å². The van der Waals surface area contributed by atoms with Gasteiger partial charge >= 0.3 is 0 Å². The van der Waals surface area contributed by atoms with E-state index in [1.165, 1.54) is 71.8 Å². The molecule has 3 nitrogen and oxygen atoms in total. The maximum Gasteiger partial charge on any atom is 0.140 e. The Morgan fingerprint density at radius 1 is 0.613 bits per heavy atom. The van der Waals surface area contributed by atoms with Gasteiger partial charge in [-0.05, 0) is 77.5 Å². The number of hydrogen-bond donors (Lipinski definition) is 0. The molecule has 5 unspecified atom stereocenters. The van der Waals surface area contributed by atoms with Gasteiger partial charge in [0, 0.05) is 62.5 Å². The summed E-state index contributed by atoms with van der Waals surface area (Å²) in [5, 5.41) is 4.73. The molecule has 0 radical (unpaired) electrons. The van der Waals surface area contributed by atoms with Crippen molar-refractivity contribution < 1.29 is 8.83 Å². The fourth-order valence-electron chi connectivity index (χ4n) is 10.7. The molecule has 6 aromatic carbocycles. The normalized spacial score (nSPS) is 22.6. The molecule has 0 fully saturated rings. The molecule has 0 amide bonds. The van der Waals surface area contributed by atoms with Crippen molar-refractivity contribution in [2.75, 3.05) is 6.54 Å². The molecular weight excluding hydrogens is 755 g/mol. The number of allylic oxidation sites excluding steroid dienone is 3. The summed E-state index contributed by atoms with van der Waals surface area (Å²) in [6.45, 7) is 10.4. The lowest BCUT2D eigenvalue weighted by Crippen LogP contribution is -2.34. The smallest absolute Gasteiger partial charge is 0.140 e. The molecule has 5 atom stereocenters. The van der Waals surface area contributed by atoms with E-state index in [0.717, 1.165) is 53.2 Å². The van der Waals surface area contributed by atoms with Gasteiger partial charge < -0.3 is 8.83 Å². The summed E-state index contributed by atoms with van der Waals surface area (Å²) in [6.07, 6.45) is 13.2. The highest BCUT2D eigenvalue weighted by Crippen LogP contribution is 2.46. The average Bonchev–Trinajstić information content (AvgIpc) is 3.91. The lowest BCUT2D eigenvalue weighted by Gasteiger charge is -2.30. The maximum absolute atomic E-state index is 6.74. The van der Waals surface area contributed by atoms with Gasteiger partial charge in [0.15, 0.2) is 0 Å². The summed E-state index contributed by atoms with van der Waals surface area (Å²) < 4.78 is 13.5. The predicted molar refractivity (Wildman–Crippen MR) is 259 cm³/mol. The number of aliphatic imine (C=N–C) groups is 1. The van der Waals surface area contributed by atoms with Gasteiger partial charge in [-0.15, -0.1) is 0 Å². The molecule has 0 saturated heterocycles. The van der Waals surface area contributed by atoms with E-state index >= 15 is 0 Å². The Labute approximate surface area is 363 Å². The van der Waals surface area contributed by atoms with E-state index in [1.807, 2.05) is 0 Å². The van der Waals surface area contributed by atoms with Crippen LogP contribution in [0.3, 0.4) is 0 Å².